The maximum Gasteiger partial charge on any atom is 0.374 e. The Morgan fingerprint density at radius 1 is 1.00 bits per heavy atom. The van der Waals surface area contributed by atoms with Crippen LogP contribution in [0.4, 0.5) is 5.82 Å². The smallest absolute Gasteiger partial charge is 0.374 e. The zero-order valence-corrected chi connectivity index (χ0v) is 19.5. The molecule has 5 aromatic rings. The number of nitrogens with zero attached hydrogens (tertiary/aromatic N) is 5. The van der Waals surface area contributed by atoms with Gasteiger partial charge in [-0.2, -0.15) is 0 Å². The molecule has 1 N–H and O–H groups in total. The number of carbonyl (C=O) groups excluding carboxylic acids is 2. The summed E-state index contributed by atoms with van der Waals surface area (Å²) in [5.74, 6) is -0.491. The summed E-state index contributed by atoms with van der Waals surface area (Å²) in [6.45, 7) is 0.471. The Labute approximate surface area is 206 Å². The third-order valence-corrected chi connectivity index (χ3v) is 5.59. The van der Waals surface area contributed by atoms with Gasteiger partial charge in [-0.1, -0.05) is 36.4 Å². The lowest BCUT2D eigenvalue weighted by atomic mass is 10.1. The van der Waals surface area contributed by atoms with E-state index >= 15 is 0 Å². The van der Waals surface area contributed by atoms with Gasteiger partial charge in [-0.3, -0.25) is 14.8 Å². The van der Waals surface area contributed by atoms with Crippen molar-refractivity contribution in [2.24, 2.45) is 0 Å². The van der Waals surface area contributed by atoms with Crippen molar-refractivity contribution in [2.75, 3.05) is 12.4 Å². The summed E-state index contributed by atoms with van der Waals surface area (Å²) in [4.78, 5) is 37.0. The molecule has 9 nitrogen and oxygen atoms in total. The molecule has 5 rings (SSSR count). The Morgan fingerprint density at radius 3 is 2.61 bits per heavy atom. The highest BCUT2D eigenvalue weighted by atomic mass is 16.5. The van der Waals surface area contributed by atoms with Crippen molar-refractivity contribution in [3.05, 3.63) is 96.7 Å². The van der Waals surface area contributed by atoms with Gasteiger partial charge in [-0.15, -0.1) is 5.10 Å². The van der Waals surface area contributed by atoms with Crippen LogP contribution in [0.5, 0.6) is 0 Å². The first-order valence-corrected chi connectivity index (χ1v) is 11.3. The van der Waals surface area contributed by atoms with Crippen LogP contribution in [0.2, 0.25) is 0 Å². The van der Waals surface area contributed by atoms with E-state index < -0.39 is 11.8 Å². The molecule has 0 aliphatic rings. The van der Waals surface area contributed by atoms with E-state index in [4.69, 9.17) is 10.1 Å². The van der Waals surface area contributed by atoms with Crippen LogP contribution in [0.3, 0.4) is 0 Å². The molecule has 36 heavy (non-hydrogen) atoms. The minimum atomic E-state index is -0.889. The number of aromatic nitrogens is 5. The lowest BCUT2D eigenvalue weighted by molar-refractivity contribution is -0.151. The Morgan fingerprint density at radius 2 is 1.83 bits per heavy atom. The topological polar surface area (TPSA) is 111 Å². The molecule has 0 bridgehead atoms. The summed E-state index contributed by atoms with van der Waals surface area (Å²) in [5, 5.41) is 8.12. The van der Waals surface area contributed by atoms with Crippen LogP contribution in [-0.2, 0) is 27.3 Å². The van der Waals surface area contributed by atoms with Crippen molar-refractivity contribution in [2.45, 2.75) is 13.0 Å². The first-order chi connectivity index (χ1) is 17.6. The first kappa shape index (κ1) is 22.9. The third-order valence-electron chi connectivity index (χ3n) is 5.59. The summed E-state index contributed by atoms with van der Waals surface area (Å²) in [6.07, 6.45) is 6.66. The van der Waals surface area contributed by atoms with Gasteiger partial charge < -0.3 is 10.1 Å². The number of ether oxygens (including phenoxy) is 1. The van der Waals surface area contributed by atoms with E-state index in [1.807, 2.05) is 60.8 Å². The first-order valence-electron chi connectivity index (χ1n) is 11.3. The maximum atomic E-state index is 12.0. The molecule has 0 aliphatic heterocycles. The van der Waals surface area contributed by atoms with Crippen molar-refractivity contribution in [3.8, 4) is 22.5 Å². The van der Waals surface area contributed by atoms with Crippen molar-refractivity contribution in [1.82, 2.24) is 24.6 Å². The number of esters is 1. The predicted molar refractivity (Wildman–Crippen MR) is 134 cm³/mol. The highest BCUT2D eigenvalue weighted by Crippen LogP contribution is 2.31. The number of benzene rings is 1. The van der Waals surface area contributed by atoms with E-state index in [0.29, 0.717) is 29.3 Å². The van der Waals surface area contributed by atoms with E-state index in [9.17, 15) is 9.59 Å². The van der Waals surface area contributed by atoms with Crippen molar-refractivity contribution < 1.29 is 14.3 Å². The van der Waals surface area contributed by atoms with Crippen LogP contribution >= 0.6 is 0 Å². The molecule has 0 fully saturated rings. The predicted octanol–water partition coefficient (Wildman–Crippen LogP) is 3.75. The standard InChI is InChI=1S/C27H22N6O3/c1-36-27(35)23(34)14-18-13-20(16-28-15-18)25-31-26(30-17-21-9-5-6-11-29-21)24-22(10-12-33(24)32-25)19-7-3-2-4-8-19/h2-13,15-16H,14,17H2,1H3,(H,30,31,32). The molecule has 0 atom stereocenters. The van der Waals surface area contributed by atoms with Crippen LogP contribution in [-0.4, -0.2) is 43.4 Å². The van der Waals surface area contributed by atoms with Gasteiger partial charge in [0.25, 0.3) is 0 Å². The Hall–Kier alpha value is -4.92. The average Bonchev–Trinajstić information content (AvgIpc) is 3.37. The zero-order valence-electron chi connectivity index (χ0n) is 19.5. The van der Waals surface area contributed by atoms with E-state index in [-0.39, 0.29) is 6.42 Å². The number of Topliss-reactive ketones (excluding diaryl/α,β-unsaturated/α-hetero) is 1. The van der Waals surface area contributed by atoms with Gasteiger partial charge in [0.1, 0.15) is 5.52 Å². The molecular formula is C27H22N6O3. The SMILES string of the molecule is COC(=O)C(=O)Cc1cncc(-c2nc(NCc3ccccn3)c3c(-c4ccccc4)ccn3n2)c1. The van der Waals surface area contributed by atoms with Gasteiger partial charge in [0.15, 0.2) is 11.6 Å². The molecule has 0 saturated heterocycles. The number of pyridine rings is 2. The molecule has 9 heteroatoms. The number of fused-ring (bicyclic) bond motifs is 1. The summed E-state index contributed by atoms with van der Waals surface area (Å²) < 4.78 is 6.29. The van der Waals surface area contributed by atoms with Crippen LogP contribution in [0.1, 0.15) is 11.3 Å². The van der Waals surface area contributed by atoms with E-state index in [2.05, 4.69) is 20.0 Å². The number of hydrogen-bond acceptors (Lipinski definition) is 8. The third kappa shape index (κ3) is 4.80. The second-order valence-corrected chi connectivity index (χ2v) is 8.02. The fourth-order valence-corrected chi connectivity index (χ4v) is 3.88. The average molecular weight is 479 g/mol. The van der Waals surface area contributed by atoms with Crippen LogP contribution in [0.15, 0.2) is 85.5 Å². The molecule has 0 aliphatic carbocycles. The van der Waals surface area contributed by atoms with Crippen molar-refractivity contribution in [3.63, 3.8) is 0 Å². The lowest BCUT2D eigenvalue weighted by Crippen LogP contribution is -2.17. The second kappa shape index (κ2) is 10.1. The highest BCUT2D eigenvalue weighted by molar-refractivity contribution is 6.34. The quantitative estimate of drug-likeness (QED) is 0.265. The molecular weight excluding hydrogens is 456 g/mol. The molecule has 0 spiro atoms. The molecule has 0 unspecified atom stereocenters. The molecule has 0 saturated carbocycles. The summed E-state index contributed by atoms with van der Waals surface area (Å²) in [5.41, 5.74) is 4.90. The number of rotatable bonds is 8. The molecule has 4 heterocycles. The number of methoxy groups -OCH3 is 1. The number of anilines is 1. The van der Waals surface area contributed by atoms with Gasteiger partial charge in [0.2, 0.25) is 5.78 Å². The minimum Gasteiger partial charge on any atom is -0.463 e. The summed E-state index contributed by atoms with van der Waals surface area (Å²) in [6, 6.07) is 19.5. The van der Waals surface area contributed by atoms with Gasteiger partial charge in [0, 0.05) is 42.3 Å². The van der Waals surface area contributed by atoms with Gasteiger partial charge in [-0.05, 0) is 35.4 Å². The molecule has 0 amide bonds. The summed E-state index contributed by atoms with van der Waals surface area (Å²) in [7, 11) is 1.18. The van der Waals surface area contributed by atoms with Crippen LogP contribution < -0.4 is 5.32 Å². The van der Waals surface area contributed by atoms with E-state index in [1.165, 1.54) is 13.3 Å². The van der Waals surface area contributed by atoms with Crippen molar-refractivity contribution >= 4 is 23.1 Å². The van der Waals surface area contributed by atoms with E-state index in [0.717, 1.165) is 22.3 Å². The van der Waals surface area contributed by atoms with Crippen LogP contribution in [0.25, 0.3) is 28.0 Å². The second-order valence-electron chi connectivity index (χ2n) is 8.02. The largest absolute Gasteiger partial charge is 0.463 e. The lowest BCUT2D eigenvalue weighted by Gasteiger charge is -2.12. The number of nitrogens with one attached hydrogen (secondary N) is 1. The highest BCUT2D eigenvalue weighted by Gasteiger charge is 2.18. The van der Waals surface area contributed by atoms with Gasteiger partial charge in [0.05, 0.1) is 19.3 Å². The van der Waals surface area contributed by atoms with Gasteiger partial charge >= 0.3 is 5.97 Å². The fourth-order valence-electron chi connectivity index (χ4n) is 3.88. The zero-order chi connectivity index (χ0) is 24.9. The minimum absolute atomic E-state index is 0.123. The Balaban J connectivity index is 1.56. The monoisotopic (exact) mass is 478 g/mol. The normalized spacial score (nSPS) is 10.8. The van der Waals surface area contributed by atoms with E-state index in [1.54, 1.807) is 23.0 Å². The Bertz CT molecular complexity index is 1530. The fraction of sp³-hybridized carbons (Fsp3) is 0.111. The number of carbonyl (C=O) groups is 2. The van der Waals surface area contributed by atoms with Crippen LogP contribution in [0, 0.1) is 0 Å². The number of hydrogen-bond donors (Lipinski definition) is 1. The molecule has 0 radical (unpaired) electrons. The maximum absolute atomic E-state index is 12.0. The van der Waals surface area contributed by atoms with Gasteiger partial charge in [-0.25, -0.2) is 14.3 Å². The molecule has 4 aromatic heterocycles. The number of ketones is 1. The summed E-state index contributed by atoms with van der Waals surface area (Å²) >= 11 is 0. The molecule has 178 valence electrons. The Kier molecular flexibility index (Phi) is 6.44. The van der Waals surface area contributed by atoms with Crippen molar-refractivity contribution in [1.29, 1.82) is 0 Å². The molecule has 1 aromatic carbocycles.